The monoisotopic (exact) mass is 283 g/mol. The van der Waals surface area contributed by atoms with E-state index in [1.807, 2.05) is 24.3 Å². The van der Waals surface area contributed by atoms with Gasteiger partial charge >= 0.3 is 5.97 Å². The molecule has 1 N–H and O–H groups in total. The number of aromatic nitrogens is 3. The number of carbonyl (C=O) groups is 1. The van der Waals surface area contributed by atoms with Gasteiger partial charge in [0.15, 0.2) is 0 Å². The molecule has 3 aromatic rings. The van der Waals surface area contributed by atoms with E-state index in [4.69, 9.17) is 4.74 Å². The lowest BCUT2D eigenvalue weighted by Crippen LogP contribution is -2.07. The Morgan fingerprint density at radius 2 is 2.05 bits per heavy atom. The second kappa shape index (κ2) is 5.24. The van der Waals surface area contributed by atoms with E-state index in [0.29, 0.717) is 17.6 Å². The van der Waals surface area contributed by atoms with Crippen LogP contribution in [0, 0.1) is 0 Å². The molecule has 2 aromatic carbocycles. The largest absolute Gasteiger partial charge is 0.496 e. The smallest absolute Gasteiger partial charge is 0.337 e. The van der Waals surface area contributed by atoms with Crippen LogP contribution >= 0.6 is 0 Å². The highest BCUT2D eigenvalue weighted by Crippen LogP contribution is 2.22. The third-order valence-electron chi connectivity index (χ3n) is 3.28. The molecule has 1 aromatic heterocycles. The highest BCUT2D eigenvalue weighted by Gasteiger charge is 2.15. The summed E-state index contributed by atoms with van der Waals surface area (Å²) in [7, 11) is 1.60. The van der Waals surface area contributed by atoms with E-state index in [9.17, 15) is 9.90 Å². The molecule has 0 spiro atoms. The van der Waals surface area contributed by atoms with Crippen LogP contribution < -0.4 is 4.74 Å². The van der Waals surface area contributed by atoms with Gasteiger partial charge in [0.05, 0.1) is 19.2 Å². The van der Waals surface area contributed by atoms with Crippen molar-refractivity contribution >= 4 is 17.0 Å². The van der Waals surface area contributed by atoms with E-state index in [0.717, 1.165) is 11.3 Å². The molecule has 0 amide bonds. The summed E-state index contributed by atoms with van der Waals surface area (Å²) in [5.41, 5.74) is 2.17. The van der Waals surface area contributed by atoms with Crippen molar-refractivity contribution in [3.63, 3.8) is 0 Å². The minimum Gasteiger partial charge on any atom is -0.496 e. The van der Waals surface area contributed by atoms with Gasteiger partial charge in [-0.05, 0) is 18.2 Å². The fourth-order valence-corrected chi connectivity index (χ4v) is 2.31. The molecule has 0 fully saturated rings. The Labute approximate surface area is 120 Å². The number of methoxy groups -OCH3 is 1. The Hall–Kier alpha value is -2.89. The van der Waals surface area contributed by atoms with Crippen LogP contribution in [0.1, 0.15) is 15.9 Å². The summed E-state index contributed by atoms with van der Waals surface area (Å²) in [6, 6.07) is 12.5. The van der Waals surface area contributed by atoms with Crippen LogP contribution in [0.15, 0.2) is 42.5 Å². The number of benzene rings is 2. The Morgan fingerprint density at radius 1 is 1.24 bits per heavy atom. The Kier molecular flexibility index (Phi) is 3.27. The molecule has 0 unspecified atom stereocenters. The summed E-state index contributed by atoms with van der Waals surface area (Å²) in [5, 5.41) is 17.4. The summed E-state index contributed by atoms with van der Waals surface area (Å²) in [6.45, 7) is 0.394. The number of carboxylic acids is 1. The molecular formula is C15H13N3O3. The lowest BCUT2D eigenvalue weighted by atomic mass is 10.1. The molecule has 0 bridgehead atoms. The number of para-hydroxylation sites is 2. The molecule has 3 rings (SSSR count). The van der Waals surface area contributed by atoms with Gasteiger partial charge in [0.25, 0.3) is 0 Å². The number of aromatic carboxylic acids is 1. The first-order chi connectivity index (χ1) is 10.2. The average Bonchev–Trinajstić information content (AvgIpc) is 2.91. The second-order valence-corrected chi connectivity index (χ2v) is 4.54. The van der Waals surface area contributed by atoms with Gasteiger partial charge < -0.3 is 9.84 Å². The van der Waals surface area contributed by atoms with Crippen LogP contribution in [0.25, 0.3) is 11.0 Å². The topological polar surface area (TPSA) is 77.2 Å². The lowest BCUT2D eigenvalue weighted by Gasteiger charge is -2.09. The maximum atomic E-state index is 11.3. The number of rotatable bonds is 4. The molecule has 0 saturated heterocycles. The average molecular weight is 283 g/mol. The molecule has 0 radical (unpaired) electrons. The molecule has 0 atom stereocenters. The Morgan fingerprint density at radius 3 is 2.81 bits per heavy atom. The summed E-state index contributed by atoms with van der Waals surface area (Å²) < 4.78 is 6.89. The van der Waals surface area contributed by atoms with Crippen LogP contribution in [0.3, 0.4) is 0 Å². The van der Waals surface area contributed by atoms with Gasteiger partial charge in [0, 0.05) is 5.56 Å². The summed E-state index contributed by atoms with van der Waals surface area (Å²) in [6.07, 6.45) is 0. The first-order valence-electron chi connectivity index (χ1n) is 6.38. The van der Waals surface area contributed by atoms with Gasteiger partial charge in [0.1, 0.15) is 16.8 Å². The summed E-state index contributed by atoms with van der Waals surface area (Å²) in [5.74, 6) is -0.266. The summed E-state index contributed by atoms with van der Waals surface area (Å²) >= 11 is 0. The van der Waals surface area contributed by atoms with E-state index in [-0.39, 0.29) is 5.56 Å². The van der Waals surface area contributed by atoms with Crippen molar-refractivity contribution < 1.29 is 14.6 Å². The van der Waals surface area contributed by atoms with Gasteiger partial charge in [-0.1, -0.05) is 29.5 Å². The molecule has 6 nitrogen and oxygen atoms in total. The minimum absolute atomic E-state index is 0.187. The molecule has 106 valence electrons. The highest BCUT2D eigenvalue weighted by molar-refractivity contribution is 6.00. The number of fused-ring (bicyclic) bond motifs is 1. The fourth-order valence-electron chi connectivity index (χ4n) is 2.31. The van der Waals surface area contributed by atoms with Gasteiger partial charge in [-0.2, -0.15) is 0 Å². The maximum absolute atomic E-state index is 11.3. The molecular weight excluding hydrogens is 270 g/mol. The standard InChI is InChI=1S/C15H13N3O3/c1-21-13-8-3-2-5-10(13)9-18-14-11(15(19)20)6-4-7-12(14)16-17-18/h2-8H,9H2,1H3,(H,19,20). The molecule has 21 heavy (non-hydrogen) atoms. The van der Waals surface area contributed by atoms with E-state index >= 15 is 0 Å². The SMILES string of the molecule is COc1ccccc1Cn1nnc2cccc(C(=O)O)c21. The zero-order chi connectivity index (χ0) is 14.8. The Balaban J connectivity index is 2.11. The summed E-state index contributed by atoms with van der Waals surface area (Å²) in [4.78, 5) is 11.3. The van der Waals surface area contributed by atoms with Crippen molar-refractivity contribution in [3.05, 3.63) is 53.6 Å². The molecule has 0 aliphatic carbocycles. The highest BCUT2D eigenvalue weighted by atomic mass is 16.5. The first kappa shape index (κ1) is 13.1. The molecule has 0 aliphatic heterocycles. The van der Waals surface area contributed by atoms with E-state index < -0.39 is 5.97 Å². The fraction of sp³-hybridized carbons (Fsp3) is 0.133. The van der Waals surface area contributed by atoms with Gasteiger partial charge in [-0.25, -0.2) is 9.48 Å². The van der Waals surface area contributed by atoms with Crippen molar-refractivity contribution in [3.8, 4) is 5.75 Å². The normalized spacial score (nSPS) is 10.7. The minimum atomic E-state index is -0.996. The predicted molar refractivity (Wildman–Crippen MR) is 76.6 cm³/mol. The van der Waals surface area contributed by atoms with Crippen molar-refractivity contribution in [2.75, 3.05) is 7.11 Å². The third kappa shape index (κ3) is 2.31. The van der Waals surface area contributed by atoms with E-state index in [2.05, 4.69) is 10.3 Å². The number of nitrogens with zero attached hydrogens (tertiary/aromatic N) is 3. The zero-order valence-corrected chi connectivity index (χ0v) is 11.4. The number of hydrogen-bond donors (Lipinski definition) is 1. The first-order valence-corrected chi connectivity index (χ1v) is 6.38. The van der Waals surface area contributed by atoms with Crippen LogP contribution in [-0.4, -0.2) is 33.2 Å². The molecule has 1 heterocycles. The van der Waals surface area contributed by atoms with Gasteiger partial charge in [-0.15, -0.1) is 5.10 Å². The zero-order valence-electron chi connectivity index (χ0n) is 11.4. The van der Waals surface area contributed by atoms with Crippen LogP contribution in [0.5, 0.6) is 5.75 Å². The van der Waals surface area contributed by atoms with Crippen LogP contribution in [0.2, 0.25) is 0 Å². The van der Waals surface area contributed by atoms with Gasteiger partial charge in [-0.3, -0.25) is 0 Å². The van der Waals surface area contributed by atoms with E-state index in [1.54, 1.807) is 30.0 Å². The van der Waals surface area contributed by atoms with Crippen molar-refractivity contribution in [2.24, 2.45) is 0 Å². The molecule has 0 aliphatic rings. The van der Waals surface area contributed by atoms with Crippen LogP contribution in [0.4, 0.5) is 0 Å². The number of carboxylic acid groups (broad SMARTS) is 1. The molecule has 6 heteroatoms. The molecule has 0 saturated carbocycles. The van der Waals surface area contributed by atoms with Crippen LogP contribution in [-0.2, 0) is 6.54 Å². The number of ether oxygens (including phenoxy) is 1. The van der Waals surface area contributed by atoms with Gasteiger partial charge in [0.2, 0.25) is 0 Å². The number of hydrogen-bond acceptors (Lipinski definition) is 4. The quantitative estimate of drug-likeness (QED) is 0.794. The van der Waals surface area contributed by atoms with Crippen molar-refractivity contribution in [2.45, 2.75) is 6.54 Å². The lowest BCUT2D eigenvalue weighted by molar-refractivity contribution is 0.0698. The van der Waals surface area contributed by atoms with E-state index in [1.165, 1.54) is 0 Å². The Bertz CT molecular complexity index is 811. The maximum Gasteiger partial charge on any atom is 0.337 e. The van der Waals surface area contributed by atoms with Crippen molar-refractivity contribution in [1.82, 2.24) is 15.0 Å². The van der Waals surface area contributed by atoms with Crippen molar-refractivity contribution in [1.29, 1.82) is 0 Å². The predicted octanol–water partition coefficient (Wildman–Crippen LogP) is 2.19. The third-order valence-corrected chi connectivity index (χ3v) is 3.28. The second-order valence-electron chi connectivity index (χ2n) is 4.54.